The number of likely N-dealkylation sites (tertiary alicyclic amines) is 1. The van der Waals surface area contributed by atoms with Crippen molar-refractivity contribution >= 4 is 34.6 Å². The standard InChI is InChI=1S/C29H35N5O6/c1-17(35)25(29(39)40)33-27(37)24-12-7-13-34(24)28(38)23(14-18-8-3-2-4-9-18)32-26(36)21(30)15-19-16-31-22-11-6-5-10-20(19)22/h2-6,8-11,16-17,21,23-25,31,35H,7,12-15,30H2,1H3,(H,32,36)(H,33,37)(H,39,40). The molecule has 11 heteroatoms. The largest absolute Gasteiger partial charge is 0.480 e. The summed E-state index contributed by atoms with van der Waals surface area (Å²) in [7, 11) is 0. The minimum Gasteiger partial charge on any atom is -0.480 e. The van der Waals surface area contributed by atoms with Crippen molar-refractivity contribution in [2.75, 3.05) is 6.54 Å². The Balaban J connectivity index is 1.50. The van der Waals surface area contributed by atoms with Crippen molar-refractivity contribution in [3.63, 3.8) is 0 Å². The van der Waals surface area contributed by atoms with Gasteiger partial charge in [-0.05, 0) is 43.4 Å². The smallest absolute Gasteiger partial charge is 0.328 e. The molecule has 2 heterocycles. The number of fused-ring (bicyclic) bond motifs is 1. The number of amides is 3. The zero-order valence-electron chi connectivity index (χ0n) is 22.2. The summed E-state index contributed by atoms with van der Waals surface area (Å²) >= 11 is 0. The minimum absolute atomic E-state index is 0.182. The van der Waals surface area contributed by atoms with Crippen molar-refractivity contribution in [2.24, 2.45) is 5.73 Å². The van der Waals surface area contributed by atoms with Crippen LogP contribution in [0.5, 0.6) is 0 Å². The summed E-state index contributed by atoms with van der Waals surface area (Å²) in [6.45, 7) is 1.54. The van der Waals surface area contributed by atoms with Crippen LogP contribution in [0.4, 0.5) is 0 Å². The van der Waals surface area contributed by atoms with Gasteiger partial charge in [-0.3, -0.25) is 14.4 Å². The predicted molar refractivity (Wildman–Crippen MR) is 148 cm³/mol. The molecule has 40 heavy (non-hydrogen) atoms. The maximum absolute atomic E-state index is 13.8. The number of carbonyl (C=O) groups excluding carboxylic acids is 3. The van der Waals surface area contributed by atoms with E-state index < -0.39 is 54.0 Å². The van der Waals surface area contributed by atoms with Crippen LogP contribution in [0.25, 0.3) is 10.9 Å². The number of aliphatic hydroxyl groups excluding tert-OH is 1. The Morgan fingerprint density at radius 1 is 1.05 bits per heavy atom. The number of aromatic nitrogens is 1. The van der Waals surface area contributed by atoms with Crippen molar-refractivity contribution in [3.8, 4) is 0 Å². The molecule has 0 bridgehead atoms. The van der Waals surface area contributed by atoms with E-state index in [1.54, 1.807) is 0 Å². The SMILES string of the molecule is CC(O)C(NC(=O)C1CCCN1C(=O)C(Cc1ccccc1)NC(=O)C(N)Cc1c[nH]c2ccccc12)C(=O)O. The minimum atomic E-state index is -1.51. The normalized spacial score (nSPS) is 18.1. The van der Waals surface area contributed by atoms with E-state index in [1.165, 1.54) is 11.8 Å². The molecular formula is C29H35N5O6. The molecular weight excluding hydrogens is 514 g/mol. The third kappa shape index (κ3) is 6.67. The maximum atomic E-state index is 13.8. The molecule has 1 fully saturated rings. The molecule has 4 rings (SSSR count). The molecule has 5 unspecified atom stereocenters. The van der Waals surface area contributed by atoms with Crippen LogP contribution >= 0.6 is 0 Å². The zero-order chi connectivity index (χ0) is 28.8. The van der Waals surface area contributed by atoms with Gasteiger partial charge in [-0.1, -0.05) is 48.5 Å². The lowest BCUT2D eigenvalue weighted by atomic mass is 10.0. The number of nitrogens with zero attached hydrogens (tertiary/aromatic N) is 1. The number of hydrogen-bond donors (Lipinski definition) is 6. The Hall–Kier alpha value is -4.22. The van der Waals surface area contributed by atoms with E-state index in [4.69, 9.17) is 5.73 Å². The number of benzene rings is 2. The number of nitrogens with two attached hydrogens (primary N) is 1. The summed E-state index contributed by atoms with van der Waals surface area (Å²) in [4.78, 5) is 56.0. The number of aliphatic carboxylic acids is 1. The van der Waals surface area contributed by atoms with Gasteiger partial charge in [0.2, 0.25) is 17.7 Å². The number of para-hydroxylation sites is 1. The molecule has 1 aromatic heterocycles. The number of hydrogen-bond acceptors (Lipinski definition) is 6. The molecule has 11 nitrogen and oxygen atoms in total. The number of aromatic amines is 1. The molecule has 2 aromatic carbocycles. The molecule has 5 atom stereocenters. The number of carboxylic acids is 1. The molecule has 1 aliphatic heterocycles. The van der Waals surface area contributed by atoms with Crippen molar-refractivity contribution in [1.82, 2.24) is 20.5 Å². The van der Waals surface area contributed by atoms with Gasteiger partial charge >= 0.3 is 5.97 Å². The summed E-state index contributed by atoms with van der Waals surface area (Å²) in [6, 6.07) is 12.5. The summed E-state index contributed by atoms with van der Waals surface area (Å²) in [6.07, 6.45) is 1.79. The third-order valence-electron chi connectivity index (χ3n) is 7.23. The van der Waals surface area contributed by atoms with Crippen LogP contribution in [0.1, 0.15) is 30.9 Å². The van der Waals surface area contributed by atoms with E-state index >= 15 is 0 Å². The fourth-order valence-electron chi connectivity index (χ4n) is 5.10. The first-order chi connectivity index (χ1) is 19.2. The number of nitrogens with one attached hydrogen (secondary N) is 3. The van der Waals surface area contributed by atoms with Gasteiger partial charge in [-0.2, -0.15) is 0 Å². The molecule has 212 valence electrons. The second-order valence-electron chi connectivity index (χ2n) is 10.2. The van der Waals surface area contributed by atoms with Gasteiger partial charge in [0.1, 0.15) is 12.1 Å². The lowest BCUT2D eigenvalue weighted by Gasteiger charge is -2.30. The second-order valence-corrected chi connectivity index (χ2v) is 10.2. The molecule has 7 N–H and O–H groups in total. The van der Waals surface area contributed by atoms with E-state index in [0.717, 1.165) is 22.0 Å². The first-order valence-electron chi connectivity index (χ1n) is 13.3. The molecule has 0 aliphatic carbocycles. The summed E-state index contributed by atoms with van der Waals surface area (Å²) in [5.74, 6) is -3.00. The van der Waals surface area contributed by atoms with Gasteiger partial charge in [-0.15, -0.1) is 0 Å². The monoisotopic (exact) mass is 549 g/mol. The number of rotatable bonds is 11. The van der Waals surface area contributed by atoms with Crippen molar-refractivity contribution in [2.45, 2.75) is 62.9 Å². The summed E-state index contributed by atoms with van der Waals surface area (Å²) < 4.78 is 0. The average molecular weight is 550 g/mol. The lowest BCUT2D eigenvalue weighted by molar-refractivity contribution is -0.147. The van der Waals surface area contributed by atoms with Crippen LogP contribution in [0.2, 0.25) is 0 Å². The van der Waals surface area contributed by atoms with E-state index in [2.05, 4.69) is 15.6 Å². The van der Waals surface area contributed by atoms with E-state index in [1.807, 2.05) is 60.8 Å². The van der Waals surface area contributed by atoms with E-state index in [0.29, 0.717) is 12.8 Å². The third-order valence-corrected chi connectivity index (χ3v) is 7.23. The highest BCUT2D eigenvalue weighted by molar-refractivity contribution is 5.95. The number of carbonyl (C=O) groups is 4. The zero-order valence-corrected chi connectivity index (χ0v) is 22.2. The van der Waals surface area contributed by atoms with Gasteiger partial charge in [0.25, 0.3) is 0 Å². The molecule has 3 amide bonds. The first kappa shape index (κ1) is 28.8. The Morgan fingerprint density at radius 3 is 2.45 bits per heavy atom. The highest BCUT2D eigenvalue weighted by Crippen LogP contribution is 2.21. The maximum Gasteiger partial charge on any atom is 0.328 e. The first-order valence-corrected chi connectivity index (χ1v) is 13.3. The Bertz CT molecular complexity index is 1360. The van der Waals surface area contributed by atoms with Crippen LogP contribution in [-0.2, 0) is 32.0 Å². The highest BCUT2D eigenvalue weighted by atomic mass is 16.4. The van der Waals surface area contributed by atoms with Gasteiger partial charge in [-0.25, -0.2) is 4.79 Å². The second kappa shape index (κ2) is 12.8. The van der Waals surface area contributed by atoms with Crippen LogP contribution in [0, 0.1) is 0 Å². The number of carboxylic acid groups (broad SMARTS) is 1. The molecule has 1 saturated heterocycles. The van der Waals surface area contributed by atoms with Crippen LogP contribution < -0.4 is 16.4 Å². The number of H-pyrrole nitrogens is 1. The van der Waals surface area contributed by atoms with Crippen LogP contribution in [0.3, 0.4) is 0 Å². The van der Waals surface area contributed by atoms with Gasteiger partial charge in [0.15, 0.2) is 6.04 Å². The van der Waals surface area contributed by atoms with Gasteiger partial charge < -0.3 is 36.5 Å². The number of aliphatic hydroxyl groups is 1. The fourth-order valence-corrected chi connectivity index (χ4v) is 5.10. The highest BCUT2D eigenvalue weighted by Gasteiger charge is 2.39. The summed E-state index contributed by atoms with van der Waals surface area (Å²) in [5, 5.41) is 25.2. The lowest BCUT2D eigenvalue weighted by Crippen LogP contribution is -2.58. The van der Waals surface area contributed by atoms with Crippen LogP contribution in [-0.4, -0.2) is 80.6 Å². The van der Waals surface area contributed by atoms with Crippen molar-refractivity contribution in [3.05, 3.63) is 71.9 Å². The summed E-state index contributed by atoms with van der Waals surface area (Å²) in [5.41, 5.74) is 8.91. The Labute approximate surface area is 231 Å². The van der Waals surface area contributed by atoms with E-state index in [-0.39, 0.29) is 19.4 Å². The average Bonchev–Trinajstić information content (AvgIpc) is 3.59. The molecule has 0 spiro atoms. The van der Waals surface area contributed by atoms with Crippen molar-refractivity contribution in [1.29, 1.82) is 0 Å². The molecule has 0 saturated carbocycles. The van der Waals surface area contributed by atoms with E-state index in [9.17, 15) is 29.4 Å². The van der Waals surface area contributed by atoms with Crippen LogP contribution in [0.15, 0.2) is 60.8 Å². The van der Waals surface area contributed by atoms with Gasteiger partial charge in [0, 0.05) is 30.1 Å². The Kier molecular flexibility index (Phi) is 9.18. The van der Waals surface area contributed by atoms with Gasteiger partial charge in [0.05, 0.1) is 12.1 Å². The van der Waals surface area contributed by atoms with Crippen molar-refractivity contribution < 1.29 is 29.4 Å². The Morgan fingerprint density at radius 2 is 1.75 bits per heavy atom. The predicted octanol–water partition coefficient (Wildman–Crippen LogP) is 0.706. The molecule has 0 radical (unpaired) electrons. The topological polar surface area (TPSA) is 178 Å². The molecule has 1 aliphatic rings. The fraction of sp³-hybridized carbons (Fsp3) is 0.379. The quantitative estimate of drug-likeness (QED) is 0.204. The molecule has 3 aromatic rings.